The second kappa shape index (κ2) is 12.6. The third-order valence-corrected chi connectivity index (χ3v) is 2.66. The van der Waals surface area contributed by atoms with Crippen LogP contribution in [0.25, 0.3) is 0 Å². The molecule has 0 aromatic heterocycles. The molecule has 0 atom stereocenters. The highest BCUT2D eigenvalue weighted by molar-refractivity contribution is 5.86. The molecule has 0 aliphatic heterocycles. The zero-order valence-corrected chi connectivity index (χ0v) is 12.0. The van der Waals surface area contributed by atoms with Crippen molar-refractivity contribution in [1.82, 2.24) is 0 Å². The maximum absolute atomic E-state index is 11.0. The molecule has 0 radical (unpaired) electrons. The molecule has 0 aliphatic rings. The van der Waals surface area contributed by atoms with Gasteiger partial charge in [-0.15, -0.1) is 0 Å². The van der Waals surface area contributed by atoms with Crippen molar-refractivity contribution in [2.24, 2.45) is 0 Å². The highest BCUT2D eigenvalue weighted by Crippen LogP contribution is 2.04. The minimum Gasteiger partial charge on any atom is -0.462 e. The molecule has 0 rings (SSSR count). The van der Waals surface area contributed by atoms with Crippen molar-refractivity contribution in [3.63, 3.8) is 0 Å². The summed E-state index contributed by atoms with van der Waals surface area (Å²) in [6.07, 6.45) is 8.43. The van der Waals surface area contributed by atoms with Crippen molar-refractivity contribution in [1.29, 1.82) is 0 Å². The van der Waals surface area contributed by atoms with Crippen molar-refractivity contribution < 1.29 is 14.3 Å². The summed E-state index contributed by atoms with van der Waals surface area (Å²) < 4.78 is 10.4. The van der Waals surface area contributed by atoms with Crippen LogP contribution in [0.5, 0.6) is 0 Å². The molecule has 0 unspecified atom stereocenters. The van der Waals surface area contributed by atoms with Gasteiger partial charge in [-0.2, -0.15) is 0 Å². The van der Waals surface area contributed by atoms with Crippen molar-refractivity contribution in [3.05, 3.63) is 12.2 Å². The average molecular weight is 256 g/mol. The molecule has 0 amide bonds. The average Bonchev–Trinajstić information content (AvgIpc) is 2.35. The molecule has 0 aromatic carbocycles. The molecule has 0 bridgehead atoms. The summed E-state index contributed by atoms with van der Waals surface area (Å²) in [6, 6.07) is 0. The highest BCUT2D eigenvalue weighted by Gasteiger charge is 2.01. The number of rotatable bonds is 12. The van der Waals surface area contributed by atoms with Gasteiger partial charge in [-0.05, 0) is 13.3 Å². The minimum atomic E-state index is -0.314. The lowest BCUT2D eigenvalue weighted by atomic mass is 10.1. The summed E-state index contributed by atoms with van der Waals surface area (Å²) in [6.45, 7) is 9.30. The first-order valence-corrected chi connectivity index (χ1v) is 7.08. The van der Waals surface area contributed by atoms with Gasteiger partial charge in [0, 0.05) is 25.2 Å². The minimum absolute atomic E-state index is 0.314. The summed E-state index contributed by atoms with van der Waals surface area (Å²) in [5.74, 6) is -0.314. The van der Waals surface area contributed by atoms with Gasteiger partial charge in [0.1, 0.15) is 0 Å². The zero-order chi connectivity index (χ0) is 13.6. The van der Waals surface area contributed by atoms with Crippen LogP contribution < -0.4 is 0 Å². The van der Waals surface area contributed by atoms with E-state index in [1.54, 1.807) is 6.92 Å². The first kappa shape index (κ1) is 17.2. The zero-order valence-electron chi connectivity index (χ0n) is 12.0. The molecular formula is C15H28O3. The Morgan fingerprint density at radius 3 is 2.22 bits per heavy atom. The van der Waals surface area contributed by atoms with E-state index in [4.69, 9.17) is 9.47 Å². The highest BCUT2D eigenvalue weighted by atomic mass is 16.5. The van der Waals surface area contributed by atoms with Crippen LogP contribution in [0.4, 0.5) is 0 Å². The molecule has 0 N–H and O–H groups in total. The fourth-order valence-electron chi connectivity index (χ4n) is 1.54. The third kappa shape index (κ3) is 11.6. The SMILES string of the molecule is C=C(C)C(=O)OCCCOCCCCCCCC. The van der Waals surface area contributed by atoms with Crippen LogP contribution in [-0.2, 0) is 14.3 Å². The van der Waals surface area contributed by atoms with Gasteiger partial charge in [0.25, 0.3) is 0 Å². The van der Waals surface area contributed by atoms with Crippen LogP contribution in [0.2, 0.25) is 0 Å². The largest absolute Gasteiger partial charge is 0.462 e. The summed E-state index contributed by atoms with van der Waals surface area (Å²) in [7, 11) is 0. The smallest absolute Gasteiger partial charge is 0.333 e. The van der Waals surface area contributed by atoms with Crippen LogP contribution >= 0.6 is 0 Å². The van der Waals surface area contributed by atoms with E-state index < -0.39 is 0 Å². The summed E-state index contributed by atoms with van der Waals surface area (Å²) in [5.41, 5.74) is 0.447. The van der Waals surface area contributed by atoms with Crippen LogP contribution in [0, 0.1) is 0 Å². The van der Waals surface area contributed by atoms with Crippen LogP contribution in [0.15, 0.2) is 12.2 Å². The molecule has 0 fully saturated rings. The van der Waals surface area contributed by atoms with E-state index in [1.165, 1.54) is 32.1 Å². The molecule has 0 aliphatic carbocycles. The van der Waals surface area contributed by atoms with E-state index in [2.05, 4.69) is 13.5 Å². The van der Waals surface area contributed by atoms with Gasteiger partial charge in [-0.1, -0.05) is 45.6 Å². The molecule has 0 saturated heterocycles. The normalized spacial score (nSPS) is 10.3. The van der Waals surface area contributed by atoms with Gasteiger partial charge in [0.2, 0.25) is 0 Å². The van der Waals surface area contributed by atoms with E-state index in [0.717, 1.165) is 19.4 Å². The monoisotopic (exact) mass is 256 g/mol. The van der Waals surface area contributed by atoms with Gasteiger partial charge in [-0.3, -0.25) is 0 Å². The Hall–Kier alpha value is -0.830. The second-order valence-electron chi connectivity index (χ2n) is 4.65. The number of unbranched alkanes of at least 4 members (excludes halogenated alkanes) is 5. The molecule has 106 valence electrons. The first-order valence-electron chi connectivity index (χ1n) is 7.08. The van der Waals surface area contributed by atoms with Crippen molar-refractivity contribution in [2.75, 3.05) is 19.8 Å². The number of carbonyl (C=O) groups excluding carboxylic acids is 1. The Labute approximate surface area is 112 Å². The Kier molecular flexibility index (Phi) is 12.0. The lowest BCUT2D eigenvalue weighted by Crippen LogP contribution is -2.08. The maximum Gasteiger partial charge on any atom is 0.333 e. The van der Waals surface area contributed by atoms with E-state index >= 15 is 0 Å². The standard InChI is InChI=1S/C15H28O3/c1-4-5-6-7-8-9-11-17-12-10-13-18-15(16)14(2)3/h2,4-13H2,1,3H3. The maximum atomic E-state index is 11.0. The summed E-state index contributed by atoms with van der Waals surface area (Å²) >= 11 is 0. The van der Waals surface area contributed by atoms with Crippen molar-refractivity contribution in [2.45, 2.75) is 58.8 Å². The van der Waals surface area contributed by atoms with E-state index in [9.17, 15) is 4.79 Å². The molecular weight excluding hydrogens is 228 g/mol. The van der Waals surface area contributed by atoms with Crippen molar-refractivity contribution in [3.8, 4) is 0 Å². The number of carbonyl (C=O) groups is 1. The Morgan fingerprint density at radius 2 is 1.56 bits per heavy atom. The number of ether oxygens (including phenoxy) is 2. The fourth-order valence-corrected chi connectivity index (χ4v) is 1.54. The predicted molar refractivity (Wildman–Crippen MR) is 74.6 cm³/mol. The molecule has 3 nitrogen and oxygen atoms in total. The molecule has 0 aromatic rings. The van der Waals surface area contributed by atoms with E-state index in [-0.39, 0.29) is 5.97 Å². The Balaban J connectivity index is 3.07. The lowest BCUT2D eigenvalue weighted by Gasteiger charge is -2.05. The third-order valence-electron chi connectivity index (χ3n) is 2.66. The molecule has 18 heavy (non-hydrogen) atoms. The lowest BCUT2D eigenvalue weighted by molar-refractivity contribution is -0.139. The van der Waals surface area contributed by atoms with E-state index in [1.807, 2.05) is 0 Å². The second-order valence-corrected chi connectivity index (χ2v) is 4.65. The quantitative estimate of drug-likeness (QED) is 0.302. The first-order chi connectivity index (χ1) is 8.68. The van der Waals surface area contributed by atoms with Crippen molar-refractivity contribution >= 4 is 5.97 Å². The molecule has 0 saturated carbocycles. The van der Waals surface area contributed by atoms with Crippen LogP contribution in [-0.4, -0.2) is 25.8 Å². The summed E-state index contributed by atoms with van der Waals surface area (Å²) in [5, 5.41) is 0. The van der Waals surface area contributed by atoms with Gasteiger partial charge < -0.3 is 9.47 Å². The molecule has 0 heterocycles. The van der Waals surface area contributed by atoms with Gasteiger partial charge in [-0.25, -0.2) is 4.79 Å². The fraction of sp³-hybridized carbons (Fsp3) is 0.800. The number of esters is 1. The van der Waals surface area contributed by atoms with Gasteiger partial charge in [0.05, 0.1) is 6.61 Å². The number of hydrogen-bond donors (Lipinski definition) is 0. The predicted octanol–water partition coefficient (Wildman–Crippen LogP) is 3.87. The Bertz CT molecular complexity index is 224. The molecule has 3 heteroatoms. The van der Waals surface area contributed by atoms with Gasteiger partial charge >= 0.3 is 5.97 Å². The van der Waals surface area contributed by atoms with Crippen LogP contribution in [0.1, 0.15) is 58.8 Å². The van der Waals surface area contributed by atoms with Crippen LogP contribution in [0.3, 0.4) is 0 Å². The topological polar surface area (TPSA) is 35.5 Å². The Morgan fingerprint density at radius 1 is 0.944 bits per heavy atom. The summed E-state index contributed by atoms with van der Waals surface area (Å²) in [4.78, 5) is 11.0. The van der Waals surface area contributed by atoms with Gasteiger partial charge in [0.15, 0.2) is 0 Å². The van der Waals surface area contributed by atoms with E-state index in [0.29, 0.717) is 18.8 Å². The molecule has 0 spiro atoms. The number of hydrogen-bond acceptors (Lipinski definition) is 3.